The zero-order chi connectivity index (χ0) is 15.9. The molecule has 4 heteroatoms. The number of aliphatic hydroxyl groups excluding tert-OH is 1. The van der Waals surface area contributed by atoms with Gasteiger partial charge >= 0.3 is 0 Å². The average molecular weight is 298 g/mol. The minimum absolute atomic E-state index is 0.0675. The molecule has 2 aromatic rings. The predicted octanol–water partition coefficient (Wildman–Crippen LogP) is 2.29. The van der Waals surface area contributed by atoms with E-state index in [1.54, 1.807) is 6.20 Å². The van der Waals surface area contributed by atoms with Crippen molar-refractivity contribution in [2.45, 2.75) is 25.7 Å². The van der Waals surface area contributed by atoms with E-state index in [0.717, 1.165) is 11.1 Å². The molecule has 4 nitrogen and oxygen atoms in total. The van der Waals surface area contributed by atoms with Crippen molar-refractivity contribution in [3.63, 3.8) is 0 Å². The van der Waals surface area contributed by atoms with Crippen LogP contribution in [0.3, 0.4) is 0 Å². The first-order chi connectivity index (χ1) is 10.6. The number of hydrogen-bond acceptors (Lipinski definition) is 4. The average Bonchev–Trinajstić information content (AvgIpc) is 2.53. The maximum absolute atomic E-state index is 8.91. The minimum atomic E-state index is -1.32. The lowest BCUT2D eigenvalue weighted by molar-refractivity contribution is -0.0496. The molecule has 2 aromatic carbocycles. The first-order valence-corrected chi connectivity index (χ1v) is 7.30. The van der Waals surface area contributed by atoms with E-state index in [-0.39, 0.29) is 12.5 Å². The van der Waals surface area contributed by atoms with Crippen LogP contribution < -0.4 is 11.1 Å². The Labute approximate surface area is 130 Å². The van der Waals surface area contributed by atoms with E-state index >= 15 is 0 Å². The SMILES string of the molecule is CC(CC(O)O)N/C=C(\N)c1ccc(-c2ccccc2)cc1. The van der Waals surface area contributed by atoms with Crippen LogP contribution in [-0.4, -0.2) is 22.5 Å². The van der Waals surface area contributed by atoms with Gasteiger partial charge in [0.05, 0.1) is 5.70 Å². The molecule has 0 aromatic heterocycles. The minimum Gasteiger partial charge on any atom is -0.397 e. The molecule has 0 heterocycles. The molecule has 116 valence electrons. The third kappa shape index (κ3) is 4.62. The van der Waals surface area contributed by atoms with E-state index in [9.17, 15) is 0 Å². The topological polar surface area (TPSA) is 78.5 Å². The van der Waals surface area contributed by atoms with Gasteiger partial charge in [-0.25, -0.2) is 0 Å². The van der Waals surface area contributed by atoms with Crippen LogP contribution >= 0.6 is 0 Å². The van der Waals surface area contributed by atoms with Gasteiger partial charge in [-0.3, -0.25) is 0 Å². The second-order valence-corrected chi connectivity index (χ2v) is 5.33. The van der Waals surface area contributed by atoms with E-state index in [4.69, 9.17) is 15.9 Å². The fraction of sp³-hybridized carbons (Fsp3) is 0.222. The number of nitrogens with one attached hydrogen (secondary N) is 1. The Balaban J connectivity index is 2.03. The van der Waals surface area contributed by atoms with Crippen molar-refractivity contribution < 1.29 is 10.2 Å². The van der Waals surface area contributed by atoms with Gasteiger partial charge < -0.3 is 21.3 Å². The Morgan fingerprint density at radius 3 is 2.23 bits per heavy atom. The van der Waals surface area contributed by atoms with Crippen LogP contribution in [0.25, 0.3) is 16.8 Å². The summed E-state index contributed by atoms with van der Waals surface area (Å²) in [5.74, 6) is 0. The summed E-state index contributed by atoms with van der Waals surface area (Å²) in [7, 11) is 0. The van der Waals surface area contributed by atoms with Crippen LogP contribution in [0.5, 0.6) is 0 Å². The van der Waals surface area contributed by atoms with E-state index in [1.807, 2.05) is 49.4 Å². The van der Waals surface area contributed by atoms with E-state index in [1.165, 1.54) is 5.56 Å². The molecule has 1 unspecified atom stereocenters. The van der Waals surface area contributed by atoms with Gasteiger partial charge in [-0.1, -0.05) is 54.6 Å². The highest BCUT2D eigenvalue weighted by atomic mass is 16.5. The number of nitrogens with two attached hydrogens (primary N) is 1. The maximum atomic E-state index is 8.91. The lowest BCUT2D eigenvalue weighted by atomic mass is 10.0. The molecule has 0 aliphatic rings. The Morgan fingerprint density at radius 1 is 1.05 bits per heavy atom. The monoisotopic (exact) mass is 298 g/mol. The van der Waals surface area contributed by atoms with Gasteiger partial charge in [0.2, 0.25) is 0 Å². The lowest BCUT2D eigenvalue weighted by Crippen LogP contribution is -2.26. The molecule has 0 bridgehead atoms. The molecule has 0 radical (unpaired) electrons. The summed E-state index contributed by atoms with van der Waals surface area (Å²) in [5.41, 5.74) is 9.87. The molecular weight excluding hydrogens is 276 g/mol. The Hall–Kier alpha value is -2.30. The van der Waals surface area contributed by atoms with Crippen LogP contribution in [0.1, 0.15) is 18.9 Å². The maximum Gasteiger partial charge on any atom is 0.153 e. The van der Waals surface area contributed by atoms with Gasteiger partial charge in [0.25, 0.3) is 0 Å². The molecule has 0 saturated carbocycles. The van der Waals surface area contributed by atoms with Gasteiger partial charge in [0.1, 0.15) is 0 Å². The summed E-state index contributed by atoms with van der Waals surface area (Å²) in [6, 6.07) is 18.1. The van der Waals surface area contributed by atoms with E-state index in [2.05, 4.69) is 17.4 Å². The standard InChI is InChI=1S/C18H22N2O2/c1-13(11-18(21)22)20-12-17(19)16-9-7-15(8-10-16)14-5-3-2-4-6-14/h2-10,12-13,18,20-22H,11,19H2,1H3/b17-12-. The smallest absolute Gasteiger partial charge is 0.153 e. The zero-order valence-electron chi connectivity index (χ0n) is 12.6. The number of benzene rings is 2. The Kier molecular flexibility index (Phi) is 5.58. The number of aliphatic hydroxyl groups is 2. The molecular formula is C18H22N2O2. The third-order valence-electron chi connectivity index (χ3n) is 3.41. The largest absolute Gasteiger partial charge is 0.397 e. The van der Waals surface area contributed by atoms with Crippen LogP contribution in [-0.2, 0) is 0 Å². The lowest BCUT2D eigenvalue weighted by Gasteiger charge is -2.14. The highest BCUT2D eigenvalue weighted by Crippen LogP contribution is 2.20. The van der Waals surface area contributed by atoms with Gasteiger partial charge in [0.15, 0.2) is 6.29 Å². The Morgan fingerprint density at radius 2 is 1.64 bits per heavy atom. The molecule has 22 heavy (non-hydrogen) atoms. The summed E-state index contributed by atoms with van der Waals surface area (Å²) < 4.78 is 0. The third-order valence-corrected chi connectivity index (χ3v) is 3.41. The normalized spacial score (nSPS) is 13.2. The summed E-state index contributed by atoms with van der Waals surface area (Å²) in [4.78, 5) is 0. The second-order valence-electron chi connectivity index (χ2n) is 5.33. The molecule has 1 atom stereocenters. The molecule has 0 spiro atoms. The first kappa shape index (κ1) is 16.1. The molecule has 0 aliphatic carbocycles. The number of rotatable bonds is 6. The van der Waals surface area contributed by atoms with Gasteiger partial charge in [-0.2, -0.15) is 0 Å². The van der Waals surface area contributed by atoms with Gasteiger partial charge in [0, 0.05) is 18.7 Å². The zero-order valence-corrected chi connectivity index (χ0v) is 12.6. The summed E-state index contributed by atoms with van der Waals surface area (Å²) in [6.07, 6.45) is 0.628. The van der Waals surface area contributed by atoms with Crippen molar-refractivity contribution in [3.05, 3.63) is 66.4 Å². The Bertz CT molecular complexity index is 607. The predicted molar refractivity (Wildman–Crippen MR) is 89.5 cm³/mol. The number of hydrogen-bond donors (Lipinski definition) is 4. The van der Waals surface area contributed by atoms with Crippen LogP contribution in [0.15, 0.2) is 60.8 Å². The first-order valence-electron chi connectivity index (χ1n) is 7.30. The van der Waals surface area contributed by atoms with Crippen molar-refractivity contribution in [1.29, 1.82) is 0 Å². The fourth-order valence-electron chi connectivity index (χ4n) is 2.19. The van der Waals surface area contributed by atoms with Crippen LogP contribution in [0.4, 0.5) is 0 Å². The van der Waals surface area contributed by atoms with Crippen molar-refractivity contribution in [3.8, 4) is 11.1 Å². The molecule has 0 saturated heterocycles. The molecule has 0 fully saturated rings. The summed E-state index contributed by atoms with van der Waals surface area (Å²) in [5, 5.41) is 20.9. The molecule has 0 amide bonds. The quantitative estimate of drug-likeness (QED) is 0.617. The molecule has 2 rings (SSSR count). The van der Waals surface area contributed by atoms with Gasteiger partial charge in [-0.15, -0.1) is 0 Å². The summed E-state index contributed by atoms with van der Waals surface area (Å²) in [6.45, 7) is 1.86. The van der Waals surface area contributed by atoms with Crippen LogP contribution in [0, 0.1) is 0 Å². The second kappa shape index (κ2) is 7.64. The van der Waals surface area contributed by atoms with Crippen molar-refractivity contribution in [2.24, 2.45) is 5.73 Å². The summed E-state index contributed by atoms with van der Waals surface area (Å²) >= 11 is 0. The highest BCUT2D eigenvalue weighted by molar-refractivity contribution is 5.68. The highest BCUT2D eigenvalue weighted by Gasteiger charge is 2.05. The van der Waals surface area contributed by atoms with E-state index in [0.29, 0.717) is 5.70 Å². The fourth-order valence-corrected chi connectivity index (χ4v) is 2.19. The van der Waals surface area contributed by atoms with Crippen molar-refractivity contribution in [1.82, 2.24) is 5.32 Å². The molecule has 5 N–H and O–H groups in total. The van der Waals surface area contributed by atoms with Crippen LogP contribution in [0.2, 0.25) is 0 Å². The molecule has 0 aliphatic heterocycles. The van der Waals surface area contributed by atoms with Gasteiger partial charge in [-0.05, 0) is 23.6 Å². The van der Waals surface area contributed by atoms with Crippen molar-refractivity contribution in [2.75, 3.05) is 0 Å². The van der Waals surface area contributed by atoms with Crippen molar-refractivity contribution >= 4 is 5.70 Å². The van der Waals surface area contributed by atoms with E-state index < -0.39 is 6.29 Å².